The van der Waals surface area contributed by atoms with Gasteiger partial charge in [-0.15, -0.1) is 0 Å². The Kier molecular flexibility index (Phi) is 3.74. The summed E-state index contributed by atoms with van der Waals surface area (Å²) in [5.74, 6) is 7.24. The molecule has 0 aliphatic rings. The monoisotopic (exact) mass is 244 g/mol. The minimum Gasteiger partial charge on any atom is -0.439 e. The van der Waals surface area contributed by atoms with Gasteiger partial charge in [0.2, 0.25) is 11.8 Å². The number of nitrogens with zero attached hydrogens (tertiary/aromatic N) is 2. The van der Waals surface area contributed by atoms with E-state index in [0.29, 0.717) is 17.7 Å². The second-order valence-electron chi connectivity index (χ2n) is 4.16. The summed E-state index contributed by atoms with van der Waals surface area (Å²) in [7, 11) is 0. The molecule has 94 valence electrons. The SMILES string of the molecule is CC(C)c1ccccc1Oc1ccnc(NN)n1. The number of hydrogen-bond acceptors (Lipinski definition) is 5. The van der Waals surface area contributed by atoms with Crippen LogP contribution in [0, 0.1) is 0 Å². The molecule has 0 unspecified atom stereocenters. The standard InChI is InChI=1S/C13H16N4O/c1-9(2)10-5-3-4-6-11(10)18-12-7-8-15-13(16-12)17-14/h3-9H,14H2,1-2H3,(H,15,16,17). The molecule has 0 saturated carbocycles. The smallest absolute Gasteiger partial charge is 0.240 e. The molecule has 1 aromatic heterocycles. The molecule has 2 rings (SSSR count). The van der Waals surface area contributed by atoms with Crippen LogP contribution in [0.1, 0.15) is 25.3 Å². The lowest BCUT2D eigenvalue weighted by molar-refractivity contribution is 0.454. The van der Waals surface area contributed by atoms with Gasteiger partial charge in [-0.3, -0.25) is 5.43 Å². The van der Waals surface area contributed by atoms with E-state index in [4.69, 9.17) is 10.6 Å². The average molecular weight is 244 g/mol. The molecule has 0 saturated heterocycles. The van der Waals surface area contributed by atoms with E-state index in [9.17, 15) is 0 Å². The lowest BCUT2D eigenvalue weighted by Gasteiger charge is -2.12. The largest absolute Gasteiger partial charge is 0.439 e. The molecular weight excluding hydrogens is 228 g/mol. The van der Waals surface area contributed by atoms with E-state index in [0.717, 1.165) is 11.3 Å². The number of para-hydroxylation sites is 1. The van der Waals surface area contributed by atoms with Gasteiger partial charge in [0.15, 0.2) is 0 Å². The lowest BCUT2D eigenvalue weighted by Crippen LogP contribution is -2.10. The van der Waals surface area contributed by atoms with Crippen molar-refractivity contribution in [3.63, 3.8) is 0 Å². The van der Waals surface area contributed by atoms with Crippen molar-refractivity contribution >= 4 is 5.95 Å². The first-order chi connectivity index (χ1) is 8.70. The maximum atomic E-state index is 5.77. The summed E-state index contributed by atoms with van der Waals surface area (Å²) < 4.78 is 5.77. The summed E-state index contributed by atoms with van der Waals surface area (Å²) >= 11 is 0. The van der Waals surface area contributed by atoms with Gasteiger partial charge in [-0.25, -0.2) is 10.8 Å². The Balaban J connectivity index is 2.28. The topological polar surface area (TPSA) is 73.1 Å². The van der Waals surface area contributed by atoms with Crippen LogP contribution in [-0.2, 0) is 0 Å². The van der Waals surface area contributed by atoms with Crippen molar-refractivity contribution in [2.45, 2.75) is 19.8 Å². The van der Waals surface area contributed by atoms with Gasteiger partial charge < -0.3 is 4.74 Å². The highest BCUT2D eigenvalue weighted by atomic mass is 16.5. The first-order valence-electron chi connectivity index (χ1n) is 5.77. The van der Waals surface area contributed by atoms with Crippen LogP contribution in [-0.4, -0.2) is 9.97 Å². The number of hydrogen-bond donors (Lipinski definition) is 2. The van der Waals surface area contributed by atoms with Gasteiger partial charge >= 0.3 is 0 Å². The van der Waals surface area contributed by atoms with Gasteiger partial charge in [-0.2, -0.15) is 4.98 Å². The second kappa shape index (κ2) is 5.46. The number of hydrazine groups is 1. The van der Waals surface area contributed by atoms with Crippen molar-refractivity contribution in [3.05, 3.63) is 42.1 Å². The number of anilines is 1. The van der Waals surface area contributed by atoms with Crippen molar-refractivity contribution in [2.24, 2.45) is 5.84 Å². The molecule has 0 amide bonds. The van der Waals surface area contributed by atoms with Crippen LogP contribution in [0.2, 0.25) is 0 Å². The molecule has 0 atom stereocenters. The summed E-state index contributed by atoms with van der Waals surface area (Å²) in [5.41, 5.74) is 3.53. The van der Waals surface area contributed by atoms with Gasteiger partial charge in [0.1, 0.15) is 5.75 Å². The van der Waals surface area contributed by atoms with Crippen molar-refractivity contribution in [1.82, 2.24) is 9.97 Å². The molecule has 3 N–H and O–H groups in total. The van der Waals surface area contributed by atoms with E-state index in [1.54, 1.807) is 12.3 Å². The zero-order valence-electron chi connectivity index (χ0n) is 10.4. The van der Waals surface area contributed by atoms with E-state index in [2.05, 4.69) is 29.2 Å². The van der Waals surface area contributed by atoms with Gasteiger partial charge in [-0.05, 0) is 17.5 Å². The Bertz CT molecular complexity index is 528. The van der Waals surface area contributed by atoms with Gasteiger partial charge in [0.05, 0.1) is 0 Å². The van der Waals surface area contributed by atoms with E-state index < -0.39 is 0 Å². The van der Waals surface area contributed by atoms with E-state index in [1.807, 2.05) is 24.3 Å². The minimum atomic E-state index is 0.328. The number of aromatic nitrogens is 2. The Hall–Kier alpha value is -2.14. The Morgan fingerprint density at radius 2 is 2.00 bits per heavy atom. The zero-order valence-corrected chi connectivity index (χ0v) is 10.4. The van der Waals surface area contributed by atoms with Crippen LogP contribution in [0.4, 0.5) is 5.95 Å². The number of benzene rings is 1. The van der Waals surface area contributed by atoms with Crippen LogP contribution in [0.15, 0.2) is 36.5 Å². The molecule has 0 aliphatic carbocycles. The molecule has 5 heteroatoms. The van der Waals surface area contributed by atoms with Gasteiger partial charge in [0, 0.05) is 12.3 Å². The fourth-order valence-corrected chi connectivity index (χ4v) is 1.63. The zero-order chi connectivity index (χ0) is 13.0. The van der Waals surface area contributed by atoms with Gasteiger partial charge in [-0.1, -0.05) is 32.0 Å². The highest BCUT2D eigenvalue weighted by Gasteiger charge is 2.08. The fourth-order valence-electron chi connectivity index (χ4n) is 1.63. The molecule has 0 bridgehead atoms. The molecule has 0 aliphatic heterocycles. The summed E-state index contributed by atoms with van der Waals surface area (Å²) in [4.78, 5) is 8.05. The molecule has 0 radical (unpaired) electrons. The van der Waals surface area contributed by atoms with E-state index in [1.165, 1.54) is 0 Å². The maximum absolute atomic E-state index is 5.77. The average Bonchev–Trinajstić information content (AvgIpc) is 2.39. The molecule has 1 heterocycles. The van der Waals surface area contributed by atoms with Crippen LogP contribution >= 0.6 is 0 Å². The number of rotatable bonds is 4. The number of ether oxygens (including phenoxy) is 1. The fraction of sp³-hybridized carbons (Fsp3) is 0.231. The lowest BCUT2D eigenvalue weighted by atomic mass is 10.0. The number of nitrogens with one attached hydrogen (secondary N) is 1. The van der Waals surface area contributed by atoms with Crippen molar-refractivity contribution in [2.75, 3.05) is 5.43 Å². The first-order valence-corrected chi connectivity index (χ1v) is 5.77. The van der Waals surface area contributed by atoms with E-state index in [-0.39, 0.29) is 0 Å². The third-order valence-electron chi connectivity index (χ3n) is 2.51. The third kappa shape index (κ3) is 2.75. The second-order valence-corrected chi connectivity index (χ2v) is 4.16. The quantitative estimate of drug-likeness (QED) is 0.639. The normalized spacial score (nSPS) is 10.4. The predicted molar refractivity (Wildman–Crippen MR) is 70.4 cm³/mol. The molecule has 2 aromatic rings. The third-order valence-corrected chi connectivity index (χ3v) is 2.51. The molecule has 5 nitrogen and oxygen atoms in total. The summed E-state index contributed by atoms with van der Waals surface area (Å²) in [6, 6.07) is 9.59. The highest BCUT2D eigenvalue weighted by Crippen LogP contribution is 2.29. The molecular formula is C13H16N4O. The minimum absolute atomic E-state index is 0.328. The number of nitrogen functional groups attached to an aromatic ring is 1. The Labute approximate surface area is 106 Å². The van der Waals surface area contributed by atoms with Crippen LogP contribution < -0.4 is 16.0 Å². The molecule has 18 heavy (non-hydrogen) atoms. The Morgan fingerprint density at radius 1 is 1.22 bits per heavy atom. The Morgan fingerprint density at radius 3 is 2.72 bits per heavy atom. The molecule has 0 spiro atoms. The maximum Gasteiger partial charge on any atom is 0.240 e. The predicted octanol–water partition coefficient (Wildman–Crippen LogP) is 2.68. The summed E-state index contributed by atoms with van der Waals surface area (Å²) in [6.45, 7) is 4.24. The first kappa shape index (κ1) is 12.3. The van der Waals surface area contributed by atoms with Crippen LogP contribution in [0.3, 0.4) is 0 Å². The highest BCUT2D eigenvalue weighted by molar-refractivity contribution is 5.38. The molecule has 0 fully saturated rings. The van der Waals surface area contributed by atoms with E-state index >= 15 is 0 Å². The summed E-state index contributed by atoms with van der Waals surface area (Å²) in [5, 5.41) is 0. The van der Waals surface area contributed by atoms with Gasteiger partial charge in [0.25, 0.3) is 0 Å². The van der Waals surface area contributed by atoms with Crippen molar-refractivity contribution in [1.29, 1.82) is 0 Å². The van der Waals surface area contributed by atoms with Crippen LogP contribution in [0.5, 0.6) is 11.6 Å². The summed E-state index contributed by atoms with van der Waals surface area (Å²) in [6.07, 6.45) is 1.59. The molecule has 1 aromatic carbocycles. The van der Waals surface area contributed by atoms with Crippen molar-refractivity contribution in [3.8, 4) is 11.6 Å². The van der Waals surface area contributed by atoms with Crippen LogP contribution in [0.25, 0.3) is 0 Å². The number of nitrogens with two attached hydrogens (primary N) is 1. The van der Waals surface area contributed by atoms with Crippen molar-refractivity contribution < 1.29 is 4.74 Å².